The van der Waals surface area contributed by atoms with E-state index in [1.54, 1.807) is 0 Å². The first-order valence-electron chi connectivity index (χ1n) is 32.5. The zero-order valence-electron chi connectivity index (χ0n) is 52.8. The second-order valence-electron chi connectivity index (χ2n) is 21.5. The number of phosphoric acid groups is 2. The number of aliphatic hydroxyl groups excluding tert-OH is 2. The molecule has 0 saturated heterocycles. The summed E-state index contributed by atoms with van der Waals surface area (Å²) < 4.78 is 60.7. The molecule has 0 saturated carbocycles. The van der Waals surface area contributed by atoms with Gasteiger partial charge in [0.05, 0.1) is 26.4 Å². The van der Waals surface area contributed by atoms with Crippen LogP contribution in [0.4, 0.5) is 0 Å². The van der Waals surface area contributed by atoms with E-state index in [2.05, 4.69) is 118 Å². The van der Waals surface area contributed by atoms with Crippen molar-refractivity contribution in [3.05, 3.63) is 97.2 Å². The fourth-order valence-electron chi connectivity index (χ4n) is 8.25. The molecule has 0 radical (unpaired) electrons. The third kappa shape index (κ3) is 61.9. The highest BCUT2D eigenvalue weighted by atomic mass is 31.2. The van der Waals surface area contributed by atoms with Crippen LogP contribution in [-0.2, 0) is 55.8 Å². The smallest absolute Gasteiger partial charge is 0.463 e. The lowest BCUT2D eigenvalue weighted by molar-refractivity contribution is -0.161. The summed E-state index contributed by atoms with van der Waals surface area (Å²) in [4.78, 5) is 58.2. The number of hydrogen-bond acceptors (Lipinski definition) is 14. The number of hydrogen-bond donors (Lipinski definition) is 4. The van der Waals surface area contributed by atoms with Gasteiger partial charge in [-0.2, -0.15) is 0 Å². The zero-order chi connectivity index (χ0) is 62.4. The molecule has 0 aliphatic heterocycles. The summed E-state index contributed by atoms with van der Waals surface area (Å²) in [5.41, 5.74) is 0. The number of ether oxygens (including phenoxy) is 3. The molecule has 0 aromatic carbocycles. The summed E-state index contributed by atoms with van der Waals surface area (Å²) in [5.74, 6) is -1.62. The van der Waals surface area contributed by atoms with E-state index in [1.807, 2.05) is 0 Å². The summed E-state index contributed by atoms with van der Waals surface area (Å²) in [6.07, 6.45) is 64.8. The first kappa shape index (κ1) is 81.5. The molecule has 490 valence electrons. The van der Waals surface area contributed by atoms with Crippen molar-refractivity contribution in [1.82, 2.24) is 0 Å². The quantitative estimate of drug-likeness (QED) is 0.0146. The minimum atomic E-state index is -4.92. The van der Waals surface area contributed by atoms with Gasteiger partial charge in [-0.15, -0.1) is 0 Å². The maximum atomic E-state index is 12.8. The Labute approximate surface area is 514 Å². The fraction of sp³-hybridized carbons (Fsp3) is 0.716. The van der Waals surface area contributed by atoms with Crippen molar-refractivity contribution in [2.24, 2.45) is 0 Å². The summed E-state index contributed by atoms with van der Waals surface area (Å²) in [5, 5.41) is 20.5. The van der Waals surface area contributed by atoms with Crippen molar-refractivity contribution >= 4 is 33.6 Å². The number of esters is 3. The van der Waals surface area contributed by atoms with E-state index < -0.39 is 91.5 Å². The highest BCUT2D eigenvalue weighted by molar-refractivity contribution is 7.47. The van der Waals surface area contributed by atoms with Crippen molar-refractivity contribution in [1.29, 1.82) is 0 Å². The van der Waals surface area contributed by atoms with Gasteiger partial charge in [0.1, 0.15) is 25.4 Å². The van der Waals surface area contributed by atoms with Crippen molar-refractivity contribution in [3.63, 3.8) is 0 Å². The lowest BCUT2D eigenvalue weighted by Crippen LogP contribution is -2.30. The number of carbonyl (C=O) groups excluding carboxylic acids is 3. The Balaban J connectivity index is 4.56. The molecule has 0 spiro atoms. The monoisotopic (exact) mass is 1240 g/mol. The Kier molecular flexibility index (Phi) is 58.2. The first-order chi connectivity index (χ1) is 41.2. The van der Waals surface area contributed by atoms with E-state index in [1.165, 1.54) is 38.5 Å². The lowest BCUT2D eigenvalue weighted by atomic mass is 10.1. The average molecular weight is 1240 g/mol. The predicted molar refractivity (Wildman–Crippen MR) is 344 cm³/mol. The number of rotatable bonds is 61. The molecule has 0 aromatic heterocycles. The SMILES string of the molecule is CC/C=C\C/C=C\C/C=C\CCCCCCCC(=O)OCC(COP(=O)(O)OCC(O)COP(=O)(O)OCC(O)COC(=O)CCCCCCCCC/C=C\C/C=C\C/C=C\C/C=C\CCCCC)OC(=O)CCCCCCC/C=C\CCCC. The molecule has 16 nitrogen and oxygen atoms in total. The maximum absolute atomic E-state index is 12.8. The highest BCUT2D eigenvalue weighted by Crippen LogP contribution is 2.45. The molecule has 0 heterocycles. The molecule has 0 aliphatic rings. The average Bonchev–Trinajstić information content (AvgIpc) is 3.60. The molecule has 0 aromatic rings. The molecule has 0 fully saturated rings. The number of allylic oxidation sites excluding steroid dienone is 16. The summed E-state index contributed by atoms with van der Waals surface area (Å²) in [6, 6.07) is 0. The third-order valence-electron chi connectivity index (χ3n) is 13.3. The minimum Gasteiger partial charge on any atom is -0.463 e. The largest absolute Gasteiger partial charge is 0.472 e. The van der Waals surface area contributed by atoms with Crippen LogP contribution in [0.15, 0.2) is 97.2 Å². The molecule has 0 bridgehead atoms. The minimum absolute atomic E-state index is 0.0889. The maximum Gasteiger partial charge on any atom is 0.472 e. The van der Waals surface area contributed by atoms with Crippen molar-refractivity contribution in [2.45, 2.75) is 270 Å². The van der Waals surface area contributed by atoms with Gasteiger partial charge in [0, 0.05) is 19.3 Å². The van der Waals surface area contributed by atoms with Crippen molar-refractivity contribution < 1.29 is 75.8 Å². The van der Waals surface area contributed by atoms with Gasteiger partial charge in [-0.3, -0.25) is 32.5 Å². The first-order valence-corrected chi connectivity index (χ1v) is 35.5. The van der Waals surface area contributed by atoms with Gasteiger partial charge in [-0.05, 0) is 116 Å². The molecule has 0 amide bonds. The van der Waals surface area contributed by atoms with Crippen LogP contribution in [-0.4, -0.2) is 95.9 Å². The van der Waals surface area contributed by atoms with Gasteiger partial charge in [0.15, 0.2) is 6.10 Å². The van der Waals surface area contributed by atoms with Crippen LogP contribution < -0.4 is 0 Å². The molecule has 85 heavy (non-hydrogen) atoms. The Morgan fingerprint density at radius 2 is 0.635 bits per heavy atom. The van der Waals surface area contributed by atoms with E-state index in [0.29, 0.717) is 19.3 Å². The van der Waals surface area contributed by atoms with Crippen LogP contribution in [0.2, 0.25) is 0 Å². The molecule has 0 aliphatic carbocycles. The second kappa shape index (κ2) is 60.7. The molecular formula is C67H116O16P2. The molecule has 4 N–H and O–H groups in total. The van der Waals surface area contributed by atoms with Crippen LogP contribution in [0.1, 0.15) is 252 Å². The van der Waals surface area contributed by atoms with E-state index in [-0.39, 0.29) is 19.3 Å². The predicted octanol–water partition coefficient (Wildman–Crippen LogP) is 17.5. The van der Waals surface area contributed by atoms with Crippen LogP contribution in [0, 0.1) is 0 Å². The van der Waals surface area contributed by atoms with Gasteiger partial charge in [-0.1, -0.05) is 214 Å². The molecular weight excluding hydrogens is 1120 g/mol. The van der Waals surface area contributed by atoms with Crippen LogP contribution in [0.25, 0.3) is 0 Å². The van der Waals surface area contributed by atoms with Gasteiger partial charge in [0.25, 0.3) is 0 Å². The van der Waals surface area contributed by atoms with Crippen LogP contribution >= 0.6 is 15.6 Å². The Hall–Kier alpha value is -3.53. The molecule has 0 rings (SSSR count). The normalized spacial score (nSPS) is 15.0. The summed E-state index contributed by atoms with van der Waals surface area (Å²) >= 11 is 0. The Bertz CT molecular complexity index is 1940. The Morgan fingerprint density at radius 1 is 0.341 bits per heavy atom. The van der Waals surface area contributed by atoms with Crippen molar-refractivity contribution in [2.75, 3.05) is 39.6 Å². The topological polar surface area (TPSA) is 231 Å². The van der Waals surface area contributed by atoms with E-state index >= 15 is 0 Å². The van der Waals surface area contributed by atoms with E-state index in [4.69, 9.17) is 32.3 Å². The number of carbonyl (C=O) groups is 3. The van der Waals surface area contributed by atoms with Gasteiger partial charge >= 0.3 is 33.6 Å². The number of unbranched alkanes of at least 4 members (excludes halogenated alkanes) is 22. The summed E-state index contributed by atoms with van der Waals surface area (Å²) in [6.45, 7) is 2.42. The summed E-state index contributed by atoms with van der Waals surface area (Å²) in [7, 11) is -9.77. The fourth-order valence-corrected chi connectivity index (χ4v) is 9.84. The van der Waals surface area contributed by atoms with Crippen molar-refractivity contribution in [3.8, 4) is 0 Å². The van der Waals surface area contributed by atoms with E-state index in [0.717, 1.165) is 154 Å². The second-order valence-corrected chi connectivity index (χ2v) is 24.4. The Morgan fingerprint density at radius 3 is 1.04 bits per heavy atom. The van der Waals surface area contributed by atoms with Gasteiger partial charge in [0.2, 0.25) is 0 Å². The zero-order valence-corrected chi connectivity index (χ0v) is 54.5. The standard InChI is InChI=1S/C67H116O16P2/c1-4-7-10-13-16-19-22-24-26-27-28-29-30-31-32-33-35-37-39-41-44-47-50-53-65(70)77-56-62(68)57-79-84(73,74)80-58-63(69)59-81-85(75,76)82-61-64(83-67(72)55-52-49-46-43-38-21-18-15-12-9-6-3)60-78-66(71)54-51-48-45-42-40-36-34-25-23-20-17-14-11-8-5-2/h8,11,15-20,24-26,28-29,31-32,34,62-64,68-69H,4-7,9-10,12-14,21-23,27,30,33,35-61H2,1-3H3,(H,73,74)(H,75,76)/b11-8-,18-15-,19-16-,20-17-,26-24-,29-28-,32-31-,34-25-. The lowest BCUT2D eigenvalue weighted by Gasteiger charge is -2.21. The van der Waals surface area contributed by atoms with Gasteiger partial charge in [-0.25, -0.2) is 9.13 Å². The molecule has 18 heteroatoms. The van der Waals surface area contributed by atoms with Crippen LogP contribution in [0.3, 0.4) is 0 Å². The van der Waals surface area contributed by atoms with Crippen LogP contribution in [0.5, 0.6) is 0 Å². The molecule has 5 atom stereocenters. The third-order valence-corrected chi connectivity index (χ3v) is 15.2. The number of phosphoric ester groups is 2. The van der Waals surface area contributed by atoms with E-state index in [9.17, 15) is 43.5 Å². The molecule has 5 unspecified atom stereocenters. The number of aliphatic hydroxyl groups is 2. The highest BCUT2D eigenvalue weighted by Gasteiger charge is 2.29. The van der Waals surface area contributed by atoms with Gasteiger partial charge < -0.3 is 34.2 Å².